The molecule has 1 heteroatoms. The zero-order valence-corrected chi connectivity index (χ0v) is 21.0. The third-order valence-corrected chi connectivity index (χ3v) is 7.59. The van der Waals surface area contributed by atoms with Crippen molar-refractivity contribution >= 4 is 27.8 Å². The third kappa shape index (κ3) is 4.55. The Hall–Kier alpha value is -3.06. The van der Waals surface area contributed by atoms with Crippen LogP contribution in [0.2, 0.25) is 0 Å². The predicted molar refractivity (Wildman–Crippen MR) is 145 cm³/mol. The van der Waals surface area contributed by atoms with Gasteiger partial charge in [0.05, 0.1) is 5.69 Å². The molecule has 170 valence electrons. The van der Waals surface area contributed by atoms with E-state index in [1.165, 1.54) is 39.0 Å². The second-order valence-electron chi connectivity index (χ2n) is 10.4. The van der Waals surface area contributed by atoms with Crippen molar-refractivity contribution in [2.45, 2.75) is 65.2 Å². The molecule has 4 aromatic rings. The summed E-state index contributed by atoms with van der Waals surface area (Å²) in [6.07, 6.45) is 2.24. The van der Waals surface area contributed by atoms with Crippen LogP contribution in [-0.4, -0.2) is 0 Å². The Morgan fingerprint density at radius 3 is 1.48 bits per heavy atom. The molecule has 0 bridgehead atoms. The zero-order chi connectivity index (χ0) is 23.6. The fraction of sp³-hybridized carbons (Fsp3) is 0.312. The first-order chi connectivity index (χ1) is 15.8. The van der Waals surface area contributed by atoms with Gasteiger partial charge in [-0.2, -0.15) is 0 Å². The van der Waals surface area contributed by atoms with E-state index in [9.17, 15) is 0 Å². The topological polar surface area (TPSA) is 3.24 Å². The van der Waals surface area contributed by atoms with Crippen molar-refractivity contribution in [1.29, 1.82) is 0 Å². The Balaban J connectivity index is 1.86. The molecule has 4 aromatic carbocycles. The molecule has 0 atom stereocenters. The number of nitrogens with zero attached hydrogens (tertiary/aromatic N) is 1. The van der Waals surface area contributed by atoms with E-state index in [0.29, 0.717) is 0 Å². The van der Waals surface area contributed by atoms with Crippen molar-refractivity contribution in [2.24, 2.45) is 0 Å². The predicted octanol–water partition coefficient (Wildman–Crippen LogP) is 9.68. The van der Waals surface area contributed by atoms with Gasteiger partial charge in [0.2, 0.25) is 0 Å². The van der Waals surface area contributed by atoms with Crippen molar-refractivity contribution in [3.63, 3.8) is 0 Å². The summed E-state index contributed by atoms with van der Waals surface area (Å²) in [6.45, 7) is 13.8. The zero-order valence-electron chi connectivity index (χ0n) is 21.0. The van der Waals surface area contributed by atoms with Crippen LogP contribution in [0.3, 0.4) is 0 Å². The van der Waals surface area contributed by atoms with E-state index < -0.39 is 0 Å². The fourth-order valence-electron chi connectivity index (χ4n) is 4.36. The molecule has 0 unspecified atom stereocenters. The van der Waals surface area contributed by atoms with E-state index in [0.717, 1.165) is 12.8 Å². The summed E-state index contributed by atoms with van der Waals surface area (Å²) < 4.78 is 0. The van der Waals surface area contributed by atoms with Crippen LogP contribution in [0.1, 0.15) is 65.5 Å². The lowest BCUT2D eigenvalue weighted by Crippen LogP contribution is -2.17. The quantitative estimate of drug-likeness (QED) is 0.279. The average Bonchev–Trinajstić information content (AvgIpc) is 2.85. The highest BCUT2D eigenvalue weighted by Gasteiger charge is 2.21. The van der Waals surface area contributed by atoms with Gasteiger partial charge in [0.1, 0.15) is 0 Å². The standard InChI is InChI=1S/C32H37N/c1-7-31(3,4)25-16-20-27(21-17-25)33(28-22-18-26(19-23-28)32(5,6)8-2)30-15-11-13-24-12-9-10-14-29(24)30/h9-23H,7-8H2,1-6H3. The van der Waals surface area contributed by atoms with Gasteiger partial charge >= 0.3 is 0 Å². The molecule has 0 spiro atoms. The summed E-state index contributed by atoms with van der Waals surface area (Å²) in [5, 5.41) is 2.52. The molecular weight excluding hydrogens is 398 g/mol. The minimum atomic E-state index is 0.177. The Bertz CT molecular complexity index is 1150. The van der Waals surface area contributed by atoms with Gasteiger partial charge < -0.3 is 4.90 Å². The number of fused-ring (bicyclic) bond motifs is 1. The van der Waals surface area contributed by atoms with Crippen LogP contribution >= 0.6 is 0 Å². The van der Waals surface area contributed by atoms with Crippen molar-refractivity contribution < 1.29 is 0 Å². The molecule has 0 aliphatic heterocycles. The van der Waals surface area contributed by atoms with Crippen LogP contribution in [-0.2, 0) is 10.8 Å². The van der Waals surface area contributed by atoms with E-state index in [4.69, 9.17) is 0 Å². The first kappa shape index (κ1) is 23.1. The van der Waals surface area contributed by atoms with Crippen molar-refractivity contribution in [3.05, 3.63) is 102 Å². The first-order valence-electron chi connectivity index (χ1n) is 12.3. The monoisotopic (exact) mass is 435 g/mol. The van der Waals surface area contributed by atoms with E-state index >= 15 is 0 Å². The highest BCUT2D eigenvalue weighted by atomic mass is 15.1. The van der Waals surface area contributed by atoms with Gasteiger partial charge in [-0.05, 0) is 70.5 Å². The maximum absolute atomic E-state index is 2.40. The highest BCUT2D eigenvalue weighted by Crippen LogP contribution is 2.40. The van der Waals surface area contributed by atoms with Crippen LogP contribution in [0, 0.1) is 0 Å². The van der Waals surface area contributed by atoms with Crippen LogP contribution < -0.4 is 4.90 Å². The van der Waals surface area contributed by atoms with Crippen LogP contribution in [0.15, 0.2) is 91.0 Å². The molecule has 0 amide bonds. The fourth-order valence-corrected chi connectivity index (χ4v) is 4.36. The number of hydrogen-bond acceptors (Lipinski definition) is 1. The molecule has 0 saturated heterocycles. The average molecular weight is 436 g/mol. The molecule has 0 N–H and O–H groups in total. The van der Waals surface area contributed by atoms with Crippen molar-refractivity contribution in [3.8, 4) is 0 Å². The second kappa shape index (κ2) is 9.06. The lowest BCUT2D eigenvalue weighted by Gasteiger charge is -2.30. The summed E-state index contributed by atoms with van der Waals surface area (Å²) in [5.41, 5.74) is 6.69. The Labute approximate surface area is 200 Å². The van der Waals surface area contributed by atoms with Gasteiger partial charge in [-0.3, -0.25) is 0 Å². The summed E-state index contributed by atoms with van der Waals surface area (Å²) in [5.74, 6) is 0. The van der Waals surface area contributed by atoms with Crippen molar-refractivity contribution in [2.75, 3.05) is 4.90 Å². The number of hydrogen-bond donors (Lipinski definition) is 0. The van der Waals surface area contributed by atoms with Gasteiger partial charge in [-0.15, -0.1) is 0 Å². The lowest BCUT2D eigenvalue weighted by atomic mass is 9.82. The maximum atomic E-state index is 2.40. The van der Waals surface area contributed by atoms with Crippen LogP contribution in [0.25, 0.3) is 10.8 Å². The lowest BCUT2D eigenvalue weighted by molar-refractivity contribution is 0.506. The maximum Gasteiger partial charge on any atom is 0.0540 e. The Morgan fingerprint density at radius 2 is 1.00 bits per heavy atom. The molecule has 0 aliphatic rings. The smallest absolute Gasteiger partial charge is 0.0540 e. The molecule has 33 heavy (non-hydrogen) atoms. The summed E-state index contributed by atoms with van der Waals surface area (Å²) in [4.78, 5) is 2.40. The number of benzene rings is 4. The van der Waals surface area contributed by atoms with Crippen molar-refractivity contribution in [1.82, 2.24) is 0 Å². The molecule has 0 saturated carbocycles. The van der Waals surface area contributed by atoms with Crippen LogP contribution in [0.4, 0.5) is 17.1 Å². The molecular formula is C32H37N. The number of rotatable bonds is 7. The van der Waals surface area contributed by atoms with Gasteiger partial charge in [0, 0.05) is 16.8 Å². The van der Waals surface area contributed by atoms with E-state index in [1.807, 2.05) is 0 Å². The first-order valence-corrected chi connectivity index (χ1v) is 12.3. The molecule has 0 heterocycles. The van der Waals surface area contributed by atoms with Gasteiger partial charge in [0.15, 0.2) is 0 Å². The van der Waals surface area contributed by atoms with Crippen LogP contribution in [0.5, 0.6) is 0 Å². The van der Waals surface area contributed by atoms with Gasteiger partial charge in [-0.25, -0.2) is 0 Å². The molecule has 1 nitrogen and oxygen atoms in total. The van der Waals surface area contributed by atoms with E-state index in [1.54, 1.807) is 0 Å². The number of anilines is 3. The summed E-state index contributed by atoms with van der Waals surface area (Å²) in [6, 6.07) is 33.5. The SMILES string of the molecule is CCC(C)(C)c1ccc(N(c2ccc(C(C)(C)CC)cc2)c2cccc3ccccc23)cc1. The highest BCUT2D eigenvalue weighted by molar-refractivity contribution is 5.98. The van der Waals surface area contributed by atoms with E-state index in [2.05, 4.69) is 137 Å². The third-order valence-electron chi connectivity index (χ3n) is 7.59. The molecule has 4 rings (SSSR count). The second-order valence-corrected chi connectivity index (χ2v) is 10.4. The largest absolute Gasteiger partial charge is 0.310 e. The minimum absolute atomic E-state index is 0.177. The minimum Gasteiger partial charge on any atom is -0.310 e. The summed E-state index contributed by atoms with van der Waals surface area (Å²) >= 11 is 0. The molecule has 0 radical (unpaired) electrons. The molecule has 0 aliphatic carbocycles. The van der Waals surface area contributed by atoms with Gasteiger partial charge in [0.25, 0.3) is 0 Å². The summed E-state index contributed by atoms with van der Waals surface area (Å²) in [7, 11) is 0. The Kier molecular flexibility index (Phi) is 6.34. The normalized spacial score (nSPS) is 12.2. The molecule has 0 fully saturated rings. The molecule has 0 aromatic heterocycles. The van der Waals surface area contributed by atoms with E-state index in [-0.39, 0.29) is 10.8 Å². The Morgan fingerprint density at radius 1 is 0.545 bits per heavy atom. The van der Waals surface area contributed by atoms with Gasteiger partial charge in [-0.1, -0.05) is 102 Å².